The Hall–Kier alpha value is -2.44. The number of carbonyl (C=O) groups is 1. The van der Waals surface area contributed by atoms with Crippen molar-refractivity contribution >= 4 is 45.2 Å². The summed E-state index contributed by atoms with van der Waals surface area (Å²) >= 11 is 6.15. The van der Waals surface area contributed by atoms with E-state index in [2.05, 4.69) is 55.2 Å². The van der Waals surface area contributed by atoms with Gasteiger partial charge in [0, 0.05) is 78.6 Å². The van der Waals surface area contributed by atoms with Gasteiger partial charge in [-0.25, -0.2) is 14.8 Å². The Morgan fingerprint density at radius 2 is 1.53 bits per heavy atom. The van der Waals surface area contributed by atoms with Crippen molar-refractivity contribution in [3.8, 4) is 11.1 Å². The minimum absolute atomic E-state index is 0.0632. The van der Waals surface area contributed by atoms with Crippen molar-refractivity contribution < 1.29 is 33.2 Å². The zero-order valence-corrected chi connectivity index (χ0v) is 34.6. The van der Waals surface area contributed by atoms with E-state index in [4.69, 9.17) is 50.1 Å². The number of pyridine rings is 1. The molecule has 1 fully saturated rings. The van der Waals surface area contributed by atoms with Gasteiger partial charge in [0.2, 0.25) is 0 Å². The highest BCUT2D eigenvalue weighted by atomic mass is 35.5. The molecule has 1 aliphatic rings. The number of rotatable bonds is 21. The summed E-state index contributed by atoms with van der Waals surface area (Å²) in [6.45, 7) is 17.3. The predicted molar refractivity (Wildman–Crippen MR) is 206 cm³/mol. The van der Waals surface area contributed by atoms with Gasteiger partial charge in [0.1, 0.15) is 31.0 Å². The SMILES string of the molecule is COCCOC(=O)C1(OCCOC)CCC(c2cc(N(COCC[Si](C)(C)C)COCC[Si](C)(C)C)n3ncc(-c4ccc(Cl)nc4)c3n2)CC1. The highest BCUT2D eigenvalue weighted by molar-refractivity contribution is 6.76. The molecular formula is C36H58ClN5O7Si2. The lowest BCUT2D eigenvalue weighted by atomic mass is 9.77. The summed E-state index contributed by atoms with van der Waals surface area (Å²) in [6, 6.07) is 7.93. The number of fused-ring (bicyclic) bond motifs is 1. The normalized spacial score (nSPS) is 18.3. The molecule has 0 N–H and O–H groups in total. The molecule has 284 valence electrons. The van der Waals surface area contributed by atoms with Crippen LogP contribution in [0.25, 0.3) is 16.8 Å². The number of esters is 1. The predicted octanol–water partition coefficient (Wildman–Crippen LogP) is 7.12. The molecule has 0 unspecified atom stereocenters. The zero-order chi connectivity index (χ0) is 37.1. The highest BCUT2D eigenvalue weighted by Crippen LogP contribution is 2.42. The minimum Gasteiger partial charge on any atom is -0.461 e. The molecule has 0 saturated heterocycles. The monoisotopic (exact) mass is 763 g/mol. The van der Waals surface area contributed by atoms with Gasteiger partial charge in [-0.15, -0.1) is 0 Å². The van der Waals surface area contributed by atoms with E-state index in [1.807, 2.05) is 16.8 Å². The van der Waals surface area contributed by atoms with Gasteiger partial charge < -0.3 is 33.3 Å². The number of ether oxygens (including phenoxy) is 6. The van der Waals surface area contributed by atoms with Crippen molar-refractivity contribution in [1.29, 1.82) is 0 Å². The maximum atomic E-state index is 13.4. The molecule has 0 spiro atoms. The lowest BCUT2D eigenvalue weighted by molar-refractivity contribution is -0.180. The molecule has 3 aromatic heterocycles. The summed E-state index contributed by atoms with van der Waals surface area (Å²) in [4.78, 5) is 25.1. The lowest BCUT2D eigenvalue weighted by Gasteiger charge is -2.38. The molecule has 51 heavy (non-hydrogen) atoms. The van der Waals surface area contributed by atoms with Gasteiger partial charge in [0.05, 0.1) is 26.0 Å². The number of anilines is 1. The fraction of sp³-hybridized carbons (Fsp3) is 0.667. The van der Waals surface area contributed by atoms with Crippen LogP contribution in [-0.2, 0) is 33.2 Å². The number of methoxy groups -OCH3 is 2. The first-order valence-electron chi connectivity index (χ1n) is 18.0. The van der Waals surface area contributed by atoms with Crippen LogP contribution in [0.3, 0.4) is 0 Å². The van der Waals surface area contributed by atoms with Crippen LogP contribution in [0.4, 0.5) is 5.82 Å². The van der Waals surface area contributed by atoms with Gasteiger partial charge in [-0.05, 0) is 49.9 Å². The molecule has 0 aromatic carbocycles. The van der Waals surface area contributed by atoms with Crippen molar-refractivity contribution in [2.45, 2.75) is 88.6 Å². The third kappa shape index (κ3) is 12.3. The van der Waals surface area contributed by atoms with E-state index in [-0.39, 0.29) is 18.5 Å². The zero-order valence-electron chi connectivity index (χ0n) is 31.8. The second-order valence-corrected chi connectivity index (χ2v) is 27.3. The molecule has 0 atom stereocenters. The second kappa shape index (κ2) is 19.1. The van der Waals surface area contributed by atoms with Gasteiger partial charge in [-0.2, -0.15) is 9.61 Å². The second-order valence-electron chi connectivity index (χ2n) is 15.7. The molecular weight excluding hydrogens is 706 g/mol. The van der Waals surface area contributed by atoms with Crippen molar-refractivity contribution in [2.24, 2.45) is 0 Å². The third-order valence-electron chi connectivity index (χ3n) is 9.09. The van der Waals surface area contributed by atoms with Crippen LogP contribution in [0.15, 0.2) is 30.6 Å². The summed E-state index contributed by atoms with van der Waals surface area (Å²) < 4.78 is 36.7. The maximum absolute atomic E-state index is 13.4. The Labute approximate surface area is 310 Å². The molecule has 0 amide bonds. The fourth-order valence-electron chi connectivity index (χ4n) is 5.87. The first kappa shape index (κ1) is 41.3. The summed E-state index contributed by atoms with van der Waals surface area (Å²) in [5.74, 6) is 0.535. The van der Waals surface area contributed by atoms with Gasteiger partial charge in [0.15, 0.2) is 11.2 Å². The van der Waals surface area contributed by atoms with E-state index in [0.717, 1.165) is 34.7 Å². The summed E-state index contributed by atoms with van der Waals surface area (Å²) in [5, 5.41) is 5.25. The number of aromatic nitrogens is 4. The molecule has 3 heterocycles. The van der Waals surface area contributed by atoms with E-state index in [0.29, 0.717) is 83.0 Å². The number of nitrogens with zero attached hydrogens (tertiary/aromatic N) is 5. The average Bonchev–Trinajstić information content (AvgIpc) is 3.51. The van der Waals surface area contributed by atoms with Crippen LogP contribution >= 0.6 is 11.6 Å². The van der Waals surface area contributed by atoms with E-state index in [1.54, 1.807) is 26.5 Å². The molecule has 1 aliphatic carbocycles. The van der Waals surface area contributed by atoms with Crippen LogP contribution < -0.4 is 4.90 Å². The largest absolute Gasteiger partial charge is 0.461 e. The highest BCUT2D eigenvalue weighted by Gasteiger charge is 2.45. The number of carbonyl (C=O) groups excluding carboxylic acids is 1. The number of hydrogen-bond acceptors (Lipinski definition) is 11. The Kier molecular flexibility index (Phi) is 15.4. The van der Waals surface area contributed by atoms with E-state index >= 15 is 0 Å². The number of halogens is 1. The average molecular weight is 765 g/mol. The molecule has 4 rings (SSSR count). The lowest BCUT2D eigenvalue weighted by Crippen LogP contribution is -2.46. The molecule has 0 radical (unpaired) electrons. The first-order valence-corrected chi connectivity index (χ1v) is 25.7. The van der Waals surface area contributed by atoms with Crippen molar-refractivity contribution in [3.63, 3.8) is 0 Å². The standard InChI is InChI=1S/C36H58ClN5O7Si2/c1-44-15-17-48-35(43)36(49-18-16-45-2)13-11-28(12-14-36)31-23-33(42-34(40-31)30(25-39-42)29-9-10-32(37)38-24-29)41(26-46-19-21-50(3,4)5)27-47-20-22-51(6,7)8/h9-10,23-25,28H,11-22,26-27H2,1-8H3. The Balaban J connectivity index is 1.69. The smallest absolute Gasteiger partial charge is 0.338 e. The van der Waals surface area contributed by atoms with Crippen LogP contribution in [0.1, 0.15) is 37.3 Å². The molecule has 0 bridgehead atoms. The van der Waals surface area contributed by atoms with Gasteiger partial charge in [0.25, 0.3) is 0 Å². The van der Waals surface area contributed by atoms with Crippen LogP contribution in [0.5, 0.6) is 0 Å². The van der Waals surface area contributed by atoms with E-state index in [1.165, 1.54) is 0 Å². The van der Waals surface area contributed by atoms with E-state index < -0.39 is 21.7 Å². The van der Waals surface area contributed by atoms with Crippen molar-refractivity contribution in [1.82, 2.24) is 19.6 Å². The Bertz CT molecular complexity index is 1500. The van der Waals surface area contributed by atoms with Crippen molar-refractivity contribution in [3.05, 3.63) is 41.4 Å². The Morgan fingerprint density at radius 1 is 0.902 bits per heavy atom. The van der Waals surface area contributed by atoms with Gasteiger partial charge in [-0.1, -0.05) is 50.9 Å². The summed E-state index contributed by atoms with van der Waals surface area (Å²) in [5.41, 5.74) is 2.27. The van der Waals surface area contributed by atoms with Gasteiger partial charge >= 0.3 is 5.97 Å². The maximum Gasteiger partial charge on any atom is 0.338 e. The summed E-state index contributed by atoms with van der Waals surface area (Å²) in [7, 11) is 0.630. The van der Waals surface area contributed by atoms with Crippen LogP contribution in [-0.4, -0.2) is 115 Å². The van der Waals surface area contributed by atoms with Crippen molar-refractivity contribution in [2.75, 3.05) is 72.2 Å². The van der Waals surface area contributed by atoms with Crippen LogP contribution in [0, 0.1) is 0 Å². The van der Waals surface area contributed by atoms with Crippen LogP contribution in [0.2, 0.25) is 56.5 Å². The summed E-state index contributed by atoms with van der Waals surface area (Å²) in [6.07, 6.45) is 5.91. The number of hydrogen-bond donors (Lipinski definition) is 0. The quantitative estimate of drug-likeness (QED) is 0.0363. The molecule has 3 aromatic rings. The molecule has 1 saturated carbocycles. The molecule has 15 heteroatoms. The fourth-order valence-corrected chi connectivity index (χ4v) is 7.50. The molecule has 0 aliphatic heterocycles. The third-order valence-corrected chi connectivity index (χ3v) is 12.7. The topological polar surface area (TPSA) is 119 Å². The minimum atomic E-state index is -1.28. The first-order chi connectivity index (χ1) is 24.2. The van der Waals surface area contributed by atoms with Gasteiger partial charge in [-0.3, -0.25) is 0 Å². The van der Waals surface area contributed by atoms with E-state index in [9.17, 15) is 4.79 Å². The molecule has 12 nitrogen and oxygen atoms in total. The Morgan fingerprint density at radius 3 is 2.10 bits per heavy atom.